The van der Waals surface area contributed by atoms with E-state index in [4.69, 9.17) is 11.6 Å². The molecular weight excluding hydrogens is 335 g/mol. The van der Waals surface area contributed by atoms with Crippen molar-refractivity contribution in [2.45, 2.75) is 18.9 Å². The Bertz CT molecular complexity index is 734. The molecule has 1 aliphatic rings. The second-order valence-corrected chi connectivity index (χ2v) is 6.68. The first-order chi connectivity index (χ1) is 11.1. The second kappa shape index (κ2) is 6.73. The van der Waals surface area contributed by atoms with Gasteiger partial charge >= 0.3 is 0 Å². The molecule has 1 aromatic heterocycles. The predicted octanol–water partition coefficient (Wildman–Crippen LogP) is 3.91. The quantitative estimate of drug-likeness (QED) is 0.841. The minimum Gasteiger partial charge on any atom is -0.371 e. The molecule has 2 heterocycles. The van der Waals surface area contributed by atoms with Gasteiger partial charge in [-0.25, -0.2) is 4.39 Å². The summed E-state index contributed by atoms with van der Waals surface area (Å²) in [7, 11) is 1.98. The standard InChI is InChI=1S/C16H16ClFN4S/c1-21(16-14(10-19)15(17)20-23-16)12-5-7-22(8-6-12)13-4-2-3-11(18)9-13/h2-4,9,12H,5-8H2,1H3. The van der Waals surface area contributed by atoms with E-state index in [1.165, 1.54) is 17.6 Å². The number of rotatable bonds is 3. The Morgan fingerprint density at radius 3 is 2.83 bits per heavy atom. The number of anilines is 2. The van der Waals surface area contributed by atoms with Crippen LogP contribution in [-0.4, -0.2) is 30.6 Å². The average Bonchev–Trinajstić information content (AvgIpc) is 2.95. The monoisotopic (exact) mass is 350 g/mol. The van der Waals surface area contributed by atoms with E-state index in [1.54, 1.807) is 12.1 Å². The summed E-state index contributed by atoms with van der Waals surface area (Å²) >= 11 is 7.21. The summed E-state index contributed by atoms with van der Waals surface area (Å²) in [5.41, 5.74) is 1.37. The summed E-state index contributed by atoms with van der Waals surface area (Å²) in [5, 5.41) is 10.3. The zero-order valence-electron chi connectivity index (χ0n) is 12.7. The van der Waals surface area contributed by atoms with Crippen LogP contribution < -0.4 is 9.80 Å². The van der Waals surface area contributed by atoms with E-state index in [0.29, 0.717) is 11.6 Å². The van der Waals surface area contributed by atoms with Crippen molar-refractivity contribution < 1.29 is 4.39 Å². The van der Waals surface area contributed by atoms with E-state index >= 15 is 0 Å². The molecule has 2 aromatic rings. The van der Waals surface area contributed by atoms with Gasteiger partial charge in [0.2, 0.25) is 0 Å². The van der Waals surface area contributed by atoms with Crippen LogP contribution in [0.3, 0.4) is 0 Å². The zero-order valence-corrected chi connectivity index (χ0v) is 14.2. The maximum Gasteiger partial charge on any atom is 0.162 e. The number of hydrogen-bond acceptors (Lipinski definition) is 5. The van der Waals surface area contributed by atoms with Crippen LogP contribution in [0.25, 0.3) is 0 Å². The molecule has 0 amide bonds. The summed E-state index contributed by atoms with van der Waals surface area (Å²) in [6.07, 6.45) is 1.88. The third-order valence-corrected chi connectivity index (χ3v) is 5.56. The van der Waals surface area contributed by atoms with Gasteiger partial charge in [0, 0.05) is 31.9 Å². The van der Waals surface area contributed by atoms with Crippen molar-refractivity contribution in [3.05, 3.63) is 40.8 Å². The van der Waals surface area contributed by atoms with Crippen molar-refractivity contribution in [2.75, 3.05) is 29.9 Å². The van der Waals surface area contributed by atoms with Gasteiger partial charge in [-0.1, -0.05) is 17.7 Å². The lowest BCUT2D eigenvalue weighted by molar-refractivity contribution is 0.483. The Morgan fingerprint density at radius 2 is 2.17 bits per heavy atom. The Balaban J connectivity index is 1.68. The minimum atomic E-state index is -0.209. The lowest BCUT2D eigenvalue weighted by Crippen LogP contribution is -2.43. The smallest absolute Gasteiger partial charge is 0.162 e. The van der Waals surface area contributed by atoms with Crippen LogP contribution in [-0.2, 0) is 0 Å². The number of hydrogen-bond donors (Lipinski definition) is 0. The lowest BCUT2D eigenvalue weighted by Gasteiger charge is -2.38. The molecule has 1 aliphatic heterocycles. The van der Waals surface area contributed by atoms with Crippen molar-refractivity contribution in [2.24, 2.45) is 0 Å². The summed E-state index contributed by atoms with van der Waals surface area (Å²) in [5.74, 6) is -0.209. The molecule has 0 spiro atoms. The highest BCUT2D eigenvalue weighted by Gasteiger charge is 2.26. The maximum absolute atomic E-state index is 13.4. The van der Waals surface area contributed by atoms with Gasteiger partial charge in [0.1, 0.15) is 22.5 Å². The summed E-state index contributed by atoms with van der Waals surface area (Å²) < 4.78 is 17.4. The topological polar surface area (TPSA) is 43.2 Å². The summed E-state index contributed by atoms with van der Waals surface area (Å²) in [4.78, 5) is 4.29. The third kappa shape index (κ3) is 3.26. The van der Waals surface area contributed by atoms with Crippen LogP contribution in [0.1, 0.15) is 18.4 Å². The minimum absolute atomic E-state index is 0.209. The maximum atomic E-state index is 13.4. The first-order valence-electron chi connectivity index (χ1n) is 7.38. The van der Waals surface area contributed by atoms with Gasteiger partial charge in [-0.2, -0.15) is 9.64 Å². The molecule has 0 bridgehead atoms. The molecule has 0 N–H and O–H groups in total. The van der Waals surface area contributed by atoms with E-state index in [0.717, 1.165) is 36.6 Å². The van der Waals surface area contributed by atoms with Crippen molar-refractivity contribution >= 4 is 33.8 Å². The van der Waals surface area contributed by atoms with Crippen LogP contribution in [0.2, 0.25) is 5.15 Å². The van der Waals surface area contributed by atoms with E-state index < -0.39 is 0 Å². The first-order valence-corrected chi connectivity index (χ1v) is 8.54. The molecule has 1 aromatic carbocycles. The number of nitriles is 1. The molecule has 0 aliphatic carbocycles. The van der Waals surface area contributed by atoms with Crippen molar-refractivity contribution in [3.8, 4) is 6.07 Å². The van der Waals surface area contributed by atoms with Crippen LogP contribution in [0.5, 0.6) is 0 Å². The van der Waals surface area contributed by atoms with Gasteiger partial charge in [-0.15, -0.1) is 0 Å². The highest BCUT2D eigenvalue weighted by atomic mass is 35.5. The van der Waals surface area contributed by atoms with Crippen LogP contribution in [0, 0.1) is 17.1 Å². The molecule has 3 rings (SSSR count). The van der Waals surface area contributed by atoms with Gasteiger partial charge in [0.25, 0.3) is 0 Å². The van der Waals surface area contributed by atoms with Crippen LogP contribution in [0.4, 0.5) is 15.1 Å². The van der Waals surface area contributed by atoms with Gasteiger partial charge in [-0.05, 0) is 42.6 Å². The fourth-order valence-electron chi connectivity index (χ4n) is 2.95. The predicted molar refractivity (Wildman–Crippen MR) is 91.9 cm³/mol. The molecule has 120 valence electrons. The fourth-order valence-corrected chi connectivity index (χ4v) is 4.01. The van der Waals surface area contributed by atoms with Crippen molar-refractivity contribution in [1.82, 2.24) is 4.37 Å². The normalized spacial score (nSPS) is 15.5. The molecule has 1 saturated heterocycles. The summed E-state index contributed by atoms with van der Waals surface area (Å²) in [6.45, 7) is 1.71. The molecular formula is C16H16ClFN4S. The lowest BCUT2D eigenvalue weighted by atomic mass is 10.0. The van der Waals surface area contributed by atoms with Gasteiger partial charge < -0.3 is 9.80 Å². The Hall–Kier alpha value is -1.84. The van der Waals surface area contributed by atoms with Crippen LogP contribution in [0.15, 0.2) is 24.3 Å². The third-order valence-electron chi connectivity index (χ3n) is 4.25. The Labute approximate surface area is 143 Å². The van der Waals surface area contributed by atoms with Crippen molar-refractivity contribution in [3.63, 3.8) is 0 Å². The SMILES string of the molecule is CN(c1snc(Cl)c1C#N)C1CCN(c2cccc(F)c2)CC1. The van der Waals surface area contributed by atoms with Gasteiger partial charge in [0.15, 0.2) is 5.15 Å². The highest BCUT2D eigenvalue weighted by Crippen LogP contribution is 2.33. The van der Waals surface area contributed by atoms with Crippen molar-refractivity contribution in [1.29, 1.82) is 5.26 Å². The van der Waals surface area contributed by atoms with E-state index in [-0.39, 0.29) is 11.0 Å². The number of benzene rings is 1. The Morgan fingerprint density at radius 1 is 1.43 bits per heavy atom. The van der Waals surface area contributed by atoms with E-state index in [9.17, 15) is 9.65 Å². The molecule has 4 nitrogen and oxygen atoms in total. The number of aromatic nitrogens is 1. The largest absolute Gasteiger partial charge is 0.371 e. The molecule has 7 heteroatoms. The molecule has 0 atom stereocenters. The van der Waals surface area contributed by atoms with E-state index in [2.05, 4.69) is 20.2 Å². The fraction of sp³-hybridized carbons (Fsp3) is 0.375. The van der Waals surface area contributed by atoms with Crippen LogP contribution >= 0.6 is 23.1 Å². The molecule has 23 heavy (non-hydrogen) atoms. The number of piperidine rings is 1. The number of nitrogens with zero attached hydrogens (tertiary/aromatic N) is 4. The molecule has 0 radical (unpaired) electrons. The van der Waals surface area contributed by atoms with Gasteiger partial charge in [-0.3, -0.25) is 0 Å². The number of halogens is 2. The first kappa shape index (κ1) is 16.0. The highest BCUT2D eigenvalue weighted by molar-refractivity contribution is 7.10. The summed E-state index contributed by atoms with van der Waals surface area (Å²) in [6, 6.07) is 9.15. The second-order valence-electron chi connectivity index (χ2n) is 5.57. The average molecular weight is 351 g/mol. The van der Waals surface area contributed by atoms with Gasteiger partial charge in [0.05, 0.1) is 0 Å². The van der Waals surface area contributed by atoms with E-state index in [1.807, 2.05) is 13.1 Å². The molecule has 0 saturated carbocycles. The Kier molecular flexibility index (Phi) is 4.69. The molecule has 1 fully saturated rings. The molecule has 0 unspecified atom stereocenters. The zero-order chi connectivity index (χ0) is 16.4.